The van der Waals surface area contributed by atoms with Crippen LogP contribution in [0.25, 0.3) is 11.4 Å². The van der Waals surface area contributed by atoms with Gasteiger partial charge in [0.25, 0.3) is 0 Å². The summed E-state index contributed by atoms with van der Waals surface area (Å²) in [5.74, 6) is 1.57. The molecule has 3 rings (SSSR count). The monoisotopic (exact) mass is 506 g/mol. The first-order valence-corrected chi connectivity index (χ1v) is 12.9. The van der Waals surface area contributed by atoms with Gasteiger partial charge in [-0.15, -0.1) is 0 Å². The number of aromatic nitrogens is 3. The number of anilines is 3. The molecule has 0 amide bonds. The highest BCUT2D eigenvalue weighted by atomic mass is 16.5. The molecule has 1 aromatic heterocycles. The Kier molecular flexibility index (Phi) is 9.97. The van der Waals surface area contributed by atoms with Crippen molar-refractivity contribution in [2.75, 3.05) is 50.2 Å². The summed E-state index contributed by atoms with van der Waals surface area (Å²) in [5.41, 5.74) is 9.96. The van der Waals surface area contributed by atoms with E-state index >= 15 is 0 Å². The van der Waals surface area contributed by atoms with Gasteiger partial charge in [0, 0.05) is 24.3 Å². The van der Waals surface area contributed by atoms with Gasteiger partial charge in [0.05, 0.1) is 26.4 Å². The van der Waals surface area contributed by atoms with Crippen molar-refractivity contribution < 1.29 is 9.47 Å². The number of nitrogens with zero attached hydrogens (tertiary/aromatic N) is 3. The van der Waals surface area contributed by atoms with Crippen LogP contribution in [0.15, 0.2) is 48.5 Å². The first-order chi connectivity index (χ1) is 17.6. The summed E-state index contributed by atoms with van der Waals surface area (Å²) in [6.07, 6.45) is 0. The van der Waals surface area contributed by atoms with E-state index in [0.29, 0.717) is 57.2 Å². The van der Waals surface area contributed by atoms with E-state index in [2.05, 4.69) is 111 Å². The van der Waals surface area contributed by atoms with Gasteiger partial charge in [-0.1, -0.05) is 77.9 Å². The summed E-state index contributed by atoms with van der Waals surface area (Å²) in [4.78, 5) is 14.0. The van der Waals surface area contributed by atoms with Crippen molar-refractivity contribution in [3.63, 3.8) is 0 Å². The number of hydrogen-bond acceptors (Lipinski definition) is 8. The van der Waals surface area contributed by atoms with Crippen LogP contribution in [0.1, 0.15) is 52.7 Å². The van der Waals surface area contributed by atoms with Gasteiger partial charge in [-0.05, 0) is 34.1 Å². The zero-order valence-corrected chi connectivity index (χ0v) is 23.1. The van der Waals surface area contributed by atoms with E-state index in [0.717, 1.165) is 11.3 Å². The van der Waals surface area contributed by atoms with E-state index in [9.17, 15) is 0 Å². The first kappa shape index (κ1) is 28.5. The molecule has 0 spiro atoms. The molecule has 0 aliphatic carbocycles. The van der Waals surface area contributed by atoms with Crippen molar-refractivity contribution in [2.24, 2.45) is 5.73 Å². The minimum absolute atomic E-state index is 0.0750. The van der Waals surface area contributed by atoms with Gasteiger partial charge in [0.15, 0.2) is 5.82 Å². The number of nitrogens with two attached hydrogens (primary N) is 1. The highest BCUT2D eigenvalue weighted by Gasteiger charge is 2.16. The third-order valence-electron chi connectivity index (χ3n) is 5.82. The summed E-state index contributed by atoms with van der Waals surface area (Å²) < 4.78 is 10.9. The second-order valence-electron chi connectivity index (χ2n) is 11.0. The molecule has 0 unspecified atom stereocenters. The molecular weight excluding hydrogens is 464 g/mol. The molecule has 8 nitrogen and oxygen atoms in total. The first-order valence-electron chi connectivity index (χ1n) is 12.9. The Balaban J connectivity index is 1.76. The number of rotatable bonds is 12. The maximum atomic E-state index is 5.61. The van der Waals surface area contributed by atoms with Crippen molar-refractivity contribution >= 4 is 17.6 Å². The van der Waals surface area contributed by atoms with Crippen molar-refractivity contribution in [1.29, 1.82) is 0 Å². The fraction of sp³-hybridized carbons (Fsp3) is 0.483. The molecule has 4 N–H and O–H groups in total. The lowest BCUT2D eigenvalue weighted by Gasteiger charge is -2.19. The van der Waals surface area contributed by atoms with Crippen molar-refractivity contribution in [2.45, 2.75) is 52.4 Å². The highest BCUT2D eigenvalue weighted by molar-refractivity contribution is 5.61. The Bertz CT molecular complexity index is 1100. The Labute approximate surface area is 221 Å². The van der Waals surface area contributed by atoms with E-state index in [1.165, 1.54) is 11.1 Å². The molecule has 3 aromatic rings. The predicted octanol–water partition coefficient (Wildman–Crippen LogP) is 5.28. The second-order valence-corrected chi connectivity index (χ2v) is 11.0. The van der Waals surface area contributed by atoms with Gasteiger partial charge in [-0.2, -0.15) is 15.0 Å². The SMILES string of the molecule is CC(C)(C)c1ccc(Nc2nc(NCCOCCOCCN)nc(-c3ccc(C(C)(C)C)cc3)n2)cc1. The lowest BCUT2D eigenvalue weighted by atomic mass is 9.87. The molecule has 8 heteroatoms. The number of benzene rings is 2. The third-order valence-corrected chi connectivity index (χ3v) is 5.82. The molecular formula is C29H42N6O2. The Hall–Kier alpha value is -3.07. The molecule has 37 heavy (non-hydrogen) atoms. The Morgan fingerprint density at radius 1 is 0.676 bits per heavy atom. The minimum atomic E-state index is 0.0750. The van der Waals surface area contributed by atoms with Crippen LogP contribution in [0.4, 0.5) is 17.6 Å². The van der Waals surface area contributed by atoms with Crippen molar-refractivity contribution in [3.05, 3.63) is 59.7 Å². The van der Waals surface area contributed by atoms with Crippen LogP contribution in [0, 0.1) is 0 Å². The van der Waals surface area contributed by atoms with Gasteiger partial charge in [-0.25, -0.2) is 0 Å². The summed E-state index contributed by atoms with van der Waals surface area (Å²) >= 11 is 0. The lowest BCUT2D eigenvalue weighted by Crippen LogP contribution is -2.16. The number of hydrogen-bond donors (Lipinski definition) is 3. The molecule has 0 saturated heterocycles. The predicted molar refractivity (Wildman–Crippen MR) is 152 cm³/mol. The number of ether oxygens (including phenoxy) is 2. The average Bonchev–Trinajstić information content (AvgIpc) is 2.85. The average molecular weight is 507 g/mol. The number of nitrogens with one attached hydrogen (secondary N) is 2. The zero-order valence-electron chi connectivity index (χ0n) is 23.1. The van der Waals surface area contributed by atoms with E-state index in [1.54, 1.807) is 0 Å². The summed E-state index contributed by atoms with van der Waals surface area (Å²) in [5, 5.41) is 6.60. The fourth-order valence-corrected chi connectivity index (χ4v) is 3.58. The van der Waals surface area contributed by atoms with Crippen LogP contribution in [0.5, 0.6) is 0 Å². The molecule has 0 bridgehead atoms. The third kappa shape index (κ3) is 9.07. The van der Waals surface area contributed by atoms with Crippen molar-refractivity contribution in [1.82, 2.24) is 15.0 Å². The van der Waals surface area contributed by atoms with Crippen LogP contribution in [0.2, 0.25) is 0 Å². The standard InChI is InChI=1S/C29H42N6O2/c1-28(2,3)22-9-7-21(8-10-22)25-33-26(31-16-18-37-20-19-36-17-15-30)35-27(34-25)32-24-13-11-23(12-14-24)29(4,5)6/h7-14H,15-20,30H2,1-6H3,(H2,31,32,33,34,35). The molecule has 0 aliphatic rings. The van der Waals surface area contributed by atoms with Gasteiger partial charge < -0.3 is 25.8 Å². The summed E-state index contributed by atoms with van der Waals surface area (Å²) in [7, 11) is 0. The summed E-state index contributed by atoms with van der Waals surface area (Å²) in [6, 6.07) is 16.7. The topological polar surface area (TPSA) is 107 Å². The van der Waals surface area contributed by atoms with Crippen LogP contribution >= 0.6 is 0 Å². The molecule has 200 valence electrons. The van der Waals surface area contributed by atoms with E-state index in [1.807, 2.05) is 0 Å². The lowest BCUT2D eigenvalue weighted by molar-refractivity contribution is 0.0547. The molecule has 0 aliphatic heterocycles. The highest BCUT2D eigenvalue weighted by Crippen LogP contribution is 2.27. The molecule has 0 fully saturated rings. The van der Waals surface area contributed by atoms with E-state index in [4.69, 9.17) is 20.2 Å². The zero-order chi connectivity index (χ0) is 26.9. The normalized spacial score (nSPS) is 12.0. The largest absolute Gasteiger partial charge is 0.378 e. The molecule has 0 saturated carbocycles. The van der Waals surface area contributed by atoms with Crippen LogP contribution in [0.3, 0.4) is 0 Å². The van der Waals surface area contributed by atoms with E-state index in [-0.39, 0.29) is 10.8 Å². The maximum absolute atomic E-state index is 5.61. The van der Waals surface area contributed by atoms with Gasteiger partial charge >= 0.3 is 0 Å². The molecule has 0 atom stereocenters. The van der Waals surface area contributed by atoms with Crippen molar-refractivity contribution in [3.8, 4) is 11.4 Å². The smallest absolute Gasteiger partial charge is 0.232 e. The van der Waals surface area contributed by atoms with Crippen LogP contribution in [-0.2, 0) is 20.3 Å². The Morgan fingerprint density at radius 2 is 1.22 bits per heavy atom. The molecule has 1 heterocycles. The fourth-order valence-electron chi connectivity index (χ4n) is 3.58. The maximum Gasteiger partial charge on any atom is 0.232 e. The quantitative estimate of drug-likeness (QED) is 0.285. The van der Waals surface area contributed by atoms with Gasteiger partial charge in [0.1, 0.15) is 0 Å². The van der Waals surface area contributed by atoms with Gasteiger partial charge in [0.2, 0.25) is 11.9 Å². The van der Waals surface area contributed by atoms with Crippen LogP contribution in [-0.4, -0.2) is 54.5 Å². The summed E-state index contributed by atoms with van der Waals surface area (Å²) in [6.45, 7) is 16.4. The van der Waals surface area contributed by atoms with Gasteiger partial charge in [-0.3, -0.25) is 0 Å². The molecule has 2 aromatic carbocycles. The minimum Gasteiger partial charge on any atom is -0.378 e. The molecule has 0 radical (unpaired) electrons. The second kappa shape index (κ2) is 12.9. The van der Waals surface area contributed by atoms with Crippen LogP contribution < -0.4 is 16.4 Å². The Morgan fingerprint density at radius 3 is 1.78 bits per heavy atom. The van der Waals surface area contributed by atoms with E-state index < -0.39 is 0 Å².